The number of pyridine rings is 1. The van der Waals surface area contributed by atoms with Gasteiger partial charge in [-0.3, -0.25) is 14.3 Å². The van der Waals surface area contributed by atoms with Crippen molar-refractivity contribution in [2.75, 3.05) is 4.72 Å². The first kappa shape index (κ1) is 23.9. The normalized spacial score (nSPS) is 11.1. The van der Waals surface area contributed by atoms with Crippen LogP contribution in [-0.2, 0) is 23.1 Å². The fraction of sp³-hybridized carbons (Fsp3) is 0.0769. The summed E-state index contributed by atoms with van der Waals surface area (Å²) in [5.74, 6) is -0.836. The quantitative estimate of drug-likeness (QED) is 0.392. The molecule has 1 aromatic heterocycles. The second-order valence-corrected chi connectivity index (χ2v) is 9.49. The molecule has 3 aromatic carbocycles. The monoisotopic (exact) mass is 491 g/mol. The van der Waals surface area contributed by atoms with Gasteiger partial charge in [0.1, 0.15) is 5.82 Å². The van der Waals surface area contributed by atoms with Crippen molar-refractivity contribution in [1.82, 2.24) is 9.88 Å². The highest BCUT2D eigenvalue weighted by Gasteiger charge is 2.14. The fourth-order valence-corrected chi connectivity index (χ4v) is 4.41. The van der Waals surface area contributed by atoms with Gasteiger partial charge in [0.05, 0.1) is 11.4 Å². The van der Waals surface area contributed by atoms with Gasteiger partial charge in [-0.15, -0.1) is 0 Å². The van der Waals surface area contributed by atoms with Crippen LogP contribution in [-0.4, -0.2) is 18.9 Å². The minimum Gasteiger partial charge on any atom is -0.348 e. The summed E-state index contributed by atoms with van der Waals surface area (Å²) in [6.07, 6.45) is 1.73. The molecule has 0 radical (unpaired) electrons. The molecular formula is C26H22FN3O4S. The Kier molecular flexibility index (Phi) is 7.07. The van der Waals surface area contributed by atoms with E-state index in [9.17, 15) is 22.4 Å². The second kappa shape index (κ2) is 10.4. The molecule has 7 nitrogen and oxygen atoms in total. The Bertz CT molecular complexity index is 1480. The summed E-state index contributed by atoms with van der Waals surface area (Å²) < 4.78 is 41.9. The summed E-state index contributed by atoms with van der Waals surface area (Å²) in [6, 6.07) is 23.1. The third-order valence-electron chi connectivity index (χ3n) is 5.25. The van der Waals surface area contributed by atoms with Crippen LogP contribution in [0.25, 0.3) is 0 Å². The highest BCUT2D eigenvalue weighted by molar-refractivity contribution is 7.92. The molecule has 0 saturated carbocycles. The van der Waals surface area contributed by atoms with E-state index in [0.29, 0.717) is 18.7 Å². The lowest BCUT2D eigenvalue weighted by Crippen LogP contribution is -2.23. The molecule has 0 aliphatic heterocycles. The van der Waals surface area contributed by atoms with E-state index in [0.717, 1.165) is 23.3 Å². The molecule has 1 heterocycles. The van der Waals surface area contributed by atoms with Gasteiger partial charge in [-0.2, -0.15) is 0 Å². The first-order chi connectivity index (χ1) is 16.8. The molecule has 0 fully saturated rings. The minimum absolute atomic E-state index is 0.0671. The van der Waals surface area contributed by atoms with E-state index in [4.69, 9.17) is 0 Å². The molecule has 4 aromatic rings. The fourth-order valence-electron chi connectivity index (χ4n) is 3.35. The van der Waals surface area contributed by atoms with Crippen molar-refractivity contribution < 1.29 is 17.6 Å². The lowest BCUT2D eigenvalue weighted by molar-refractivity contribution is 0.0951. The zero-order chi connectivity index (χ0) is 24.8. The minimum atomic E-state index is -3.87. The number of nitrogens with zero attached hydrogens (tertiary/aromatic N) is 1. The predicted molar refractivity (Wildman–Crippen MR) is 131 cm³/mol. The number of benzene rings is 3. The molecule has 0 bridgehead atoms. The number of halogens is 1. The SMILES string of the molecule is O=C(NCc1ccc(Cn2ccccc2=O)cc1)c1ccc(NS(=O)(=O)c2ccc(F)cc2)cc1. The summed E-state index contributed by atoms with van der Waals surface area (Å²) in [7, 11) is -3.87. The maximum atomic E-state index is 13.0. The van der Waals surface area contributed by atoms with E-state index in [1.165, 1.54) is 42.5 Å². The maximum Gasteiger partial charge on any atom is 0.261 e. The van der Waals surface area contributed by atoms with Crippen LogP contribution in [0.5, 0.6) is 0 Å². The van der Waals surface area contributed by atoms with Crippen LogP contribution in [0.2, 0.25) is 0 Å². The van der Waals surface area contributed by atoms with Gasteiger partial charge in [0.2, 0.25) is 0 Å². The summed E-state index contributed by atoms with van der Waals surface area (Å²) in [5, 5.41) is 2.82. The average Bonchev–Trinajstić information content (AvgIpc) is 2.85. The molecule has 4 rings (SSSR count). The molecule has 0 spiro atoms. The Morgan fingerprint density at radius 3 is 2.14 bits per heavy atom. The van der Waals surface area contributed by atoms with Gasteiger partial charge in [0.15, 0.2) is 0 Å². The molecular weight excluding hydrogens is 469 g/mol. The van der Waals surface area contributed by atoms with Crippen molar-refractivity contribution in [2.45, 2.75) is 18.0 Å². The first-order valence-electron chi connectivity index (χ1n) is 10.7. The number of carbonyl (C=O) groups is 1. The van der Waals surface area contributed by atoms with Crippen LogP contribution in [0.3, 0.4) is 0 Å². The van der Waals surface area contributed by atoms with Crippen LogP contribution < -0.4 is 15.6 Å². The van der Waals surface area contributed by atoms with Gasteiger partial charge >= 0.3 is 0 Å². The third kappa shape index (κ3) is 6.21. The Hall–Kier alpha value is -4.24. The van der Waals surface area contributed by atoms with Gasteiger partial charge in [-0.05, 0) is 65.7 Å². The number of aromatic nitrogens is 1. The lowest BCUT2D eigenvalue weighted by Gasteiger charge is -2.10. The topological polar surface area (TPSA) is 97.3 Å². The lowest BCUT2D eigenvalue weighted by atomic mass is 10.1. The van der Waals surface area contributed by atoms with Crippen LogP contribution in [0.1, 0.15) is 21.5 Å². The number of hydrogen-bond donors (Lipinski definition) is 2. The van der Waals surface area contributed by atoms with Crippen LogP contribution >= 0.6 is 0 Å². The van der Waals surface area contributed by atoms with Gasteiger partial charge in [0, 0.05) is 30.1 Å². The number of nitrogens with one attached hydrogen (secondary N) is 2. The molecule has 35 heavy (non-hydrogen) atoms. The summed E-state index contributed by atoms with van der Waals surface area (Å²) >= 11 is 0. The van der Waals surface area contributed by atoms with Crippen LogP contribution in [0, 0.1) is 5.82 Å². The summed E-state index contributed by atoms with van der Waals surface area (Å²) in [4.78, 5) is 24.3. The average molecular weight is 492 g/mol. The van der Waals surface area contributed by atoms with Crippen molar-refractivity contribution >= 4 is 21.6 Å². The summed E-state index contributed by atoms with van der Waals surface area (Å²) in [6.45, 7) is 0.771. The van der Waals surface area contributed by atoms with E-state index in [1.54, 1.807) is 22.9 Å². The van der Waals surface area contributed by atoms with Crippen molar-refractivity contribution in [3.63, 3.8) is 0 Å². The van der Waals surface area contributed by atoms with E-state index in [1.807, 2.05) is 24.3 Å². The Balaban J connectivity index is 1.32. The zero-order valence-electron chi connectivity index (χ0n) is 18.5. The molecule has 9 heteroatoms. The number of rotatable bonds is 8. The highest BCUT2D eigenvalue weighted by Crippen LogP contribution is 2.17. The number of sulfonamides is 1. The Morgan fingerprint density at radius 1 is 0.829 bits per heavy atom. The van der Waals surface area contributed by atoms with E-state index in [2.05, 4.69) is 10.0 Å². The maximum absolute atomic E-state index is 13.0. The predicted octanol–water partition coefficient (Wildman–Crippen LogP) is 3.77. The van der Waals surface area contributed by atoms with Gasteiger partial charge in [-0.25, -0.2) is 12.8 Å². The molecule has 0 aliphatic carbocycles. The number of anilines is 1. The molecule has 1 amide bonds. The van der Waals surface area contributed by atoms with E-state index < -0.39 is 15.8 Å². The van der Waals surface area contributed by atoms with E-state index >= 15 is 0 Å². The Labute approximate surface area is 201 Å². The zero-order valence-corrected chi connectivity index (χ0v) is 19.3. The molecule has 0 atom stereocenters. The molecule has 0 unspecified atom stereocenters. The molecule has 0 aliphatic rings. The Morgan fingerprint density at radius 2 is 1.49 bits per heavy atom. The van der Waals surface area contributed by atoms with Gasteiger partial charge in [-0.1, -0.05) is 30.3 Å². The molecule has 2 N–H and O–H groups in total. The number of carbonyl (C=O) groups excluding carboxylic acids is 1. The molecule has 0 saturated heterocycles. The van der Waals surface area contributed by atoms with Crippen molar-refractivity contribution in [1.29, 1.82) is 0 Å². The number of amides is 1. The smallest absolute Gasteiger partial charge is 0.261 e. The van der Waals surface area contributed by atoms with E-state index in [-0.39, 0.29) is 22.0 Å². The van der Waals surface area contributed by atoms with Crippen LogP contribution in [0.15, 0.2) is 107 Å². The third-order valence-corrected chi connectivity index (χ3v) is 6.65. The van der Waals surface area contributed by atoms with Crippen molar-refractivity contribution in [3.8, 4) is 0 Å². The second-order valence-electron chi connectivity index (χ2n) is 7.80. The van der Waals surface area contributed by atoms with Crippen molar-refractivity contribution in [2.24, 2.45) is 0 Å². The number of hydrogen-bond acceptors (Lipinski definition) is 4. The van der Waals surface area contributed by atoms with Crippen molar-refractivity contribution in [3.05, 3.63) is 130 Å². The highest BCUT2D eigenvalue weighted by atomic mass is 32.2. The molecule has 178 valence electrons. The standard InChI is InChI=1S/C26H22FN3O4S/c27-22-10-14-24(15-11-22)35(33,34)29-23-12-8-21(9-13-23)26(32)28-17-19-4-6-20(7-5-19)18-30-16-2-1-3-25(30)31/h1-16,29H,17-18H2,(H,28,32). The first-order valence-corrected chi connectivity index (χ1v) is 12.2. The van der Waals surface area contributed by atoms with Gasteiger partial charge in [0.25, 0.3) is 21.5 Å². The van der Waals surface area contributed by atoms with Gasteiger partial charge < -0.3 is 9.88 Å². The van der Waals surface area contributed by atoms with Crippen LogP contribution in [0.4, 0.5) is 10.1 Å². The largest absolute Gasteiger partial charge is 0.348 e. The summed E-state index contributed by atoms with van der Waals surface area (Å²) in [5.41, 5.74) is 2.44.